The fourth-order valence-corrected chi connectivity index (χ4v) is 2.70. The molecule has 124 valence electrons. The fourth-order valence-electron chi connectivity index (χ4n) is 1.97. The minimum Gasteiger partial charge on any atom is -0.361 e. The average molecular weight is 344 g/mol. The molecule has 0 aliphatic heterocycles. The Morgan fingerprint density at radius 3 is 2.43 bits per heavy atom. The second-order valence-corrected chi connectivity index (χ2v) is 6.62. The summed E-state index contributed by atoms with van der Waals surface area (Å²) in [6, 6.07) is 4.50. The number of hydrogen-bond acceptors (Lipinski definition) is 5. The van der Waals surface area contributed by atoms with Crippen LogP contribution in [0.5, 0.6) is 0 Å². The first-order chi connectivity index (χ1) is 10.8. The lowest BCUT2D eigenvalue weighted by Gasteiger charge is -2.07. The van der Waals surface area contributed by atoms with Gasteiger partial charge < -0.3 is 9.84 Å². The molecule has 0 unspecified atom stereocenters. The van der Waals surface area contributed by atoms with E-state index < -0.39 is 26.4 Å². The minimum atomic E-state index is -4.65. The summed E-state index contributed by atoms with van der Waals surface area (Å²) >= 11 is 0. The summed E-state index contributed by atoms with van der Waals surface area (Å²) in [6.45, 7) is 3.41. The molecule has 6 nitrogen and oxygen atoms in total. The van der Waals surface area contributed by atoms with Crippen LogP contribution in [0.3, 0.4) is 0 Å². The van der Waals surface area contributed by atoms with Crippen LogP contribution in [-0.2, 0) is 16.3 Å². The van der Waals surface area contributed by atoms with Crippen molar-refractivity contribution in [3.05, 3.63) is 41.3 Å². The van der Waals surface area contributed by atoms with Gasteiger partial charge in [-0.2, -0.15) is 8.78 Å². The van der Waals surface area contributed by atoms with Gasteiger partial charge in [-0.05, 0) is 37.6 Å². The van der Waals surface area contributed by atoms with Crippen LogP contribution < -0.4 is 5.32 Å². The van der Waals surface area contributed by atoms with Gasteiger partial charge in [-0.25, -0.2) is 8.42 Å². The van der Waals surface area contributed by atoms with E-state index in [1.54, 1.807) is 6.92 Å². The summed E-state index contributed by atoms with van der Waals surface area (Å²) in [5.74, 6) is -3.60. The maximum Gasteiger partial charge on any atom is 0.341 e. The smallest absolute Gasteiger partial charge is 0.341 e. The molecular weight excluding hydrogens is 330 g/mol. The van der Waals surface area contributed by atoms with Crippen molar-refractivity contribution in [1.29, 1.82) is 0 Å². The maximum absolute atomic E-state index is 12.4. The lowest BCUT2D eigenvalue weighted by Crippen LogP contribution is -2.15. The predicted molar refractivity (Wildman–Crippen MR) is 78.2 cm³/mol. The molecule has 1 N–H and O–H groups in total. The maximum atomic E-state index is 12.4. The number of halogens is 2. The van der Waals surface area contributed by atoms with Crippen molar-refractivity contribution < 1.29 is 26.5 Å². The van der Waals surface area contributed by atoms with E-state index >= 15 is 0 Å². The average Bonchev–Trinajstić information content (AvgIpc) is 2.88. The zero-order valence-electron chi connectivity index (χ0n) is 12.3. The van der Waals surface area contributed by atoms with Crippen LogP contribution in [0, 0.1) is 6.92 Å². The third-order valence-corrected chi connectivity index (χ3v) is 4.57. The van der Waals surface area contributed by atoms with E-state index in [-0.39, 0.29) is 5.69 Å². The first kappa shape index (κ1) is 17.1. The summed E-state index contributed by atoms with van der Waals surface area (Å²) < 4.78 is 52.5. The molecule has 0 saturated carbocycles. The Bertz CT molecular complexity index is 814. The quantitative estimate of drug-likeness (QED) is 0.901. The number of hydrogen-bond donors (Lipinski definition) is 1. The van der Waals surface area contributed by atoms with Gasteiger partial charge >= 0.3 is 5.76 Å². The number of aromatic nitrogens is 1. The zero-order valence-corrected chi connectivity index (χ0v) is 13.2. The Morgan fingerprint density at radius 2 is 1.91 bits per heavy atom. The monoisotopic (exact) mass is 344 g/mol. The lowest BCUT2D eigenvalue weighted by molar-refractivity contribution is 0.102. The Kier molecular flexibility index (Phi) is 4.79. The highest BCUT2D eigenvalue weighted by atomic mass is 32.2. The molecule has 1 heterocycles. The van der Waals surface area contributed by atoms with Gasteiger partial charge in [0.15, 0.2) is 0 Å². The number of rotatable bonds is 5. The first-order valence-corrected chi connectivity index (χ1v) is 8.20. The van der Waals surface area contributed by atoms with E-state index in [0.29, 0.717) is 23.4 Å². The fraction of sp³-hybridized carbons (Fsp3) is 0.286. The molecular formula is C14H14F2N2O4S. The van der Waals surface area contributed by atoms with Crippen molar-refractivity contribution in [3.8, 4) is 0 Å². The number of nitrogens with one attached hydrogen (secondary N) is 1. The molecule has 0 atom stereocenters. The minimum absolute atomic E-state index is 0.269. The van der Waals surface area contributed by atoms with Crippen molar-refractivity contribution in [2.75, 3.05) is 5.32 Å². The third-order valence-electron chi connectivity index (χ3n) is 3.17. The number of carbonyl (C=O) groups is 1. The molecule has 23 heavy (non-hydrogen) atoms. The van der Waals surface area contributed by atoms with Crippen LogP contribution >= 0.6 is 0 Å². The summed E-state index contributed by atoms with van der Waals surface area (Å²) in [7, 11) is -4.65. The second-order valence-electron chi connectivity index (χ2n) is 4.70. The van der Waals surface area contributed by atoms with Gasteiger partial charge in [-0.3, -0.25) is 4.79 Å². The van der Waals surface area contributed by atoms with E-state index in [1.165, 1.54) is 12.1 Å². The molecule has 0 radical (unpaired) electrons. The lowest BCUT2D eigenvalue weighted by atomic mass is 10.1. The van der Waals surface area contributed by atoms with E-state index in [4.69, 9.17) is 4.52 Å². The van der Waals surface area contributed by atoms with Crippen molar-refractivity contribution in [1.82, 2.24) is 5.16 Å². The highest BCUT2D eigenvalue weighted by Gasteiger charge is 2.26. The Labute approximate surface area is 131 Å². The van der Waals surface area contributed by atoms with E-state index in [1.807, 2.05) is 6.92 Å². The number of benzene rings is 1. The topological polar surface area (TPSA) is 89.3 Å². The standard InChI is InChI=1S/C14H14F2N2O4S/c1-3-11-12(8(2)22-18-11)13(19)17-9-4-6-10(7-5-9)23(20,21)14(15)16/h4-7,14H,3H2,1-2H3,(H,17,19). The highest BCUT2D eigenvalue weighted by Crippen LogP contribution is 2.21. The molecule has 9 heteroatoms. The predicted octanol–water partition coefficient (Wildman–Crippen LogP) is 2.79. The SMILES string of the molecule is CCc1noc(C)c1C(=O)Nc1ccc(S(=O)(=O)C(F)F)cc1. The van der Waals surface area contributed by atoms with Crippen LogP contribution in [0.4, 0.5) is 14.5 Å². The summed E-state index contributed by atoms with van der Waals surface area (Å²) in [4.78, 5) is 11.7. The molecule has 0 fully saturated rings. The number of amides is 1. The highest BCUT2D eigenvalue weighted by molar-refractivity contribution is 7.91. The number of aryl methyl sites for hydroxylation is 2. The van der Waals surface area contributed by atoms with Crippen molar-refractivity contribution in [2.24, 2.45) is 0 Å². The van der Waals surface area contributed by atoms with E-state index in [2.05, 4.69) is 10.5 Å². The molecule has 1 amide bonds. The van der Waals surface area contributed by atoms with Crippen LogP contribution in [0.1, 0.15) is 28.7 Å². The van der Waals surface area contributed by atoms with Gasteiger partial charge in [-0.1, -0.05) is 12.1 Å². The van der Waals surface area contributed by atoms with Crippen LogP contribution in [0.2, 0.25) is 0 Å². The molecule has 1 aromatic carbocycles. The molecule has 0 aliphatic rings. The number of carbonyl (C=O) groups excluding carboxylic acids is 1. The molecule has 0 aliphatic carbocycles. The number of nitrogens with zero attached hydrogens (tertiary/aromatic N) is 1. The second kappa shape index (κ2) is 6.45. The summed E-state index contributed by atoms with van der Waals surface area (Å²) in [6.07, 6.45) is 0.506. The van der Waals surface area contributed by atoms with Gasteiger partial charge in [0.25, 0.3) is 5.91 Å². The van der Waals surface area contributed by atoms with Crippen LogP contribution in [0.15, 0.2) is 33.7 Å². The number of anilines is 1. The normalized spacial score (nSPS) is 11.7. The first-order valence-electron chi connectivity index (χ1n) is 6.66. The van der Waals surface area contributed by atoms with Gasteiger partial charge in [0.1, 0.15) is 11.3 Å². The summed E-state index contributed by atoms with van der Waals surface area (Å²) in [5, 5.41) is 6.31. The van der Waals surface area contributed by atoms with Crippen molar-refractivity contribution >= 4 is 21.4 Å². The number of sulfone groups is 1. The van der Waals surface area contributed by atoms with Crippen LogP contribution in [-0.4, -0.2) is 25.2 Å². The van der Waals surface area contributed by atoms with Crippen molar-refractivity contribution in [3.63, 3.8) is 0 Å². The zero-order chi connectivity index (χ0) is 17.2. The van der Waals surface area contributed by atoms with Crippen LogP contribution in [0.25, 0.3) is 0 Å². The Morgan fingerprint density at radius 1 is 1.30 bits per heavy atom. The molecule has 0 saturated heterocycles. The molecule has 2 rings (SSSR count). The Balaban J connectivity index is 2.22. The Hall–Kier alpha value is -2.29. The van der Waals surface area contributed by atoms with E-state index in [0.717, 1.165) is 12.1 Å². The number of alkyl halides is 2. The van der Waals surface area contributed by atoms with Gasteiger partial charge in [0, 0.05) is 5.69 Å². The molecule has 2 aromatic rings. The van der Waals surface area contributed by atoms with Crippen molar-refractivity contribution in [2.45, 2.75) is 30.9 Å². The molecule has 1 aromatic heterocycles. The van der Waals surface area contributed by atoms with Gasteiger partial charge in [0.05, 0.1) is 10.6 Å². The third kappa shape index (κ3) is 3.39. The molecule has 0 spiro atoms. The summed E-state index contributed by atoms with van der Waals surface area (Å²) in [5.41, 5.74) is 1.07. The van der Waals surface area contributed by atoms with Gasteiger partial charge in [-0.15, -0.1) is 0 Å². The van der Waals surface area contributed by atoms with Gasteiger partial charge in [0.2, 0.25) is 9.84 Å². The molecule has 0 bridgehead atoms. The largest absolute Gasteiger partial charge is 0.361 e. The van der Waals surface area contributed by atoms with E-state index in [9.17, 15) is 22.0 Å².